The second-order valence-electron chi connectivity index (χ2n) is 8.81. The Bertz CT molecular complexity index is 789. The summed E-state index contributed by atoms with van der Waals surface area (Å²) in [5, 5.41) is 0. The van der Waals surface area contributed by atoms with E-state index in [9.17, 15) is 4.79 Å². The summed E-state index contributed by atoms with van der Waals surface area (Å²) in [6, 6.07) is 18.9. The van der Waals surface area contributed by atoms with Gasteiger partial charge in [-0.15, -0.1) is 0 Å². The van der Waals surface area contributed by atoms with Crippen LogP contribution in [-0.4, -0.2) is 5.78 Å². The smallest absolute Gasteiger partial charge is 0.166 e. The lowest BCUT2D eigenvalue weighted by Gasteiger charge is -2.57. The van der Waals surface area contributed by atoms with Crippen LogP contribution in [0.3, 0.4) is 0 Å². The van der Waals surface area contributed by atoms with Crippen LogP contribution in [0.2, 0.25) is 0 Å². The molecule has 1 unspecified atom stereocenters. The van der Waals surface area contributed by atoms with Crippen molar-refractivity contribution in [2.24, 2.45) is 17.3 Å². The van der Waals surface area contributed by atoms with Gasteiger partial charge in [0, 0.05) is 11.5 Å². The molecule has 130 valence electrons. The van der Waals surface area contributed by atoms with Crippen molar-refractivity contribution in [2.75, 3.05) is 0 Å². The highest BCUT2D eigenvalue weighted by Gasteiger charge is 2.55. The summed E-state index contributed by atoms with van der Waals surface area (Å²) in [5.41, 5.74) is 4.15. The zero-order valence-electron chi connectivity index (χ0n) is 15.6. The average Bonchev–Trinajstić information content (AvgIpc) is 2.62. The fraction of sp³-hybridized carbons (Fsp3) is 0.458. The standard InChI is InChI=1S/C24H28O/c1-23(2)20(22(25)18-10-5-4-6-11-18)15-16-24(3)19-12-8-7-9-17(19)13-14-21(23)24/h4-12,20-21H,13-16H2,1-3H3/t20-,21?,24-/m1/s1. The van der Waals surface area contributed by atoms with Gasteiger partial charge in [-0.1, -0.05) is 75.4 Å². The molecule has 2 aliphatic carbocycles. The van der Waals surface area contributed by atoms with E-state index in [1.54, 1.807) is 0 Å². The van der Waals surface area contributed by atoms with Crippen molar-refractivity contribution in [3.05, 3.63) is 71.3 Å². The van der Waals surface area contributed by atoms with Crippen LogP contribution in [0.5, 0.6) is 0 Å². The predicted octanol–water partition coefficient (Wildman–Crippen LogP) is 5.83. The summed E-state index contributed by atoms with van der Waals surface area (Å²) >= 11 is 0. The van der Waals surface area contributed by atoms with E-state index in [4.69, 9.17) is 0 Å². The Morgan fingerprint density at radius 1 is 0.920 bits per heavy atom. The van der Waals surface area contributed by atoms with Crippen molar-refractivity contribution in [1.82, 2.24) is 0 Å². The molecule has 25 heavy (non-hydrogen) atoms. The quantitative estimate of drug-likeness (QED) is 0.633. The Balaban J connectivity index is 1.71. The molecular weight excluding hydrogens is 304 g/mol. The number of Topliss-reactive ketones (excluding diaryl/α,β-unsaturated/α-hetero) is 1. The van der Waals surface area contributed by atoms with Crippen molar-refractivity contribution >= 4 is 5.78 Å². The SMILES string of the molecule is CC1(C)C2CCc3ccccc3[C@@]2(C)CC[C@@H]1C(=O)c1ccccc1. The Morgan fingerprint density at radius 3 is 2.36 bits per heavy atom. The van der Waals surface area contributed by atoms with Gasteiger partial charge in [-0.2, -0.15) is 0 Å². The van der Waals surface area contributed by atoms with Crippen molar-refractivity contribution in [3.63, 3.8) is 0 Å². The fourth-order valence-corrected chi connectivity index (χ4v) is 5.94. The minimum absolute atomic E-state index is 0.0213. The Kier molecular flexibility index (Phi) is 3.86. The normalized spacial score (nSPS) is 30.2. The van der Waals surface area contributed by atoms with Crippen molar-refractivity contribution in [1.29, 1.82) is 0 Å². The number of fused-ring (bicyclic) bond motifs is 3. The van der Waals surface area contributed by atoms with Gasteiger partial charge < -0.3 is 0 Å². The highest BCUT2D eigenvalue weighted by molar-refractivity contribution is 5.98. The lowest BCUT2D eigenvalue weighted by Crippen LogP contribution is -2.53. The molecule has 0 saturated heterocycles. The summed E-state index contributed by atoms with van der Waals surface area (Å²) in [5.74, 6) is 1.02. The number of carbonyl (C=O) groups excluding carboxylic acids is 1. The van der Waals surface area contributed by atoms with Gasteiger partial charge in [-0.05, 0) is 53.6 Å². The van der Waals surface area contributed by atoms with Crippen LogP contribution in [0.15, 0.2) is 54.6 Å². The van der Waals surface area contributed by atoms with E-state index in [2.05, 4.69) is 45.0 Å². The van der Waals surface area contributed by atoms with Crippen LogP contribution in [0.25, 0.3) is 0 Å². The Morgan fingerprint density at radius 2 is 1.60 bits per heavy atom. The first kappa shape index (κ1) is 16.6. The molecule has 0 heterocycles. The number of ketones is 1. The molecule has 0 aliphatic heterocycles. The van der Waals surface area contributed by atoms with Gasteiger partial charge in [-0.3, -0.25) is 4.79 Å². The molecule has 2 aliphatic rings. The number of benzene rings is 2. The van der Waals surface area contributed by atoms with Crippen molar-refractivity contribution < 1.29 is 4.79 Å². The molecule has 1 saturated carbocycles. The third-order valence-electron chi connectivity index (χ3n) is 7.23. The maximum atomic E-state index is 13.2. The zero-order chi connectivity index (χ0) is 17.7. The minimum atomic E-state index is 0.0213. The second kappa shape index (κ2) is 5.83. The van der Waals surface area contributed by atoms with Crippen molar-refractivity contribution in [3.8, 4) is 0 Å². The van der Waals surface area contributed by atoms with E-state index in [0.29, 0.717) is 11.7 Å². The van der Waals surface area contributed by atoms with E-state index in [1.165, 1.54) is 17.5 Å². The molecular formula is C24H28O. The van der Waals surface area contributed by atoms with Crippen molar-refractivity contribution in [2.45, 2.75) is 51.9 Å². The van der Waals surface area contributed by atoms with Gasteiger partial charge in [0.2, 0.25) is 0 Å². The molecule has 3 atom stereocenters. The van der Waals surface area contributed by atoms with Gasteiger partial charge in [0.1, 0.15) is 0 Å². The molecule has 2 aromatic carbocycles. The zero-order valence-corrected chi connectivity index (χ0v) is 15.6. The second-order valence-corrected chi connectivity index (χ2v) is 8.81. The number of carbonyl (C=O) groups is 1. The number of hydrogen-bond donors (Lipinski definition) is 0. The first-order chi connectivity index (χ1) is 11.9. The highest BCUT2D eigenvalue weighted by atomic mass is 16.1. The highest BCUT2D eigenvalue weighted by Crippen LogP contribution is 2.59. The molecule has 0 radical (unpaired) electrons. The van der Waals surface area contributed by atoms with E-state index < -0.39 is 0 Å². The van der Waals surface area contributed by atoms with Gasteiger partial charge in [0.15, 0.2) is 5.78 Å². The fourth-order valence-electron chi connectivity index (χ4n) is 5.94. The molecule has 1 heteroatoms. The molecule has 0 bridgehead atoms. The molecule has 4 rings (SSSR count). The largest absolute Gasteiger partial charge is 0.294 e. The molecule has 1 nitrogen and oxygen atoms in total. The van der Waals surface area contributed by atoms with E-state index in [0.717, 1.165) is 24.8 Å². The lowest BCUT2D eigenvalue weighted by atomic mass is 9.46. The maximum Gasteiger partial charge on any atom is 0.166 e. The van der Waals surface area contributed by atoms with Gasteiger partial charge in [0.05, 0.1) is 0 Å². The van der Waals surface area contributed by atoms with Gasteiger partial charge in [-0.25, -0.2) is 0 Å². The summed E-state index contributed by atoms with van der Waals surface area (Å²) in [6.07, 6.45) is 4.44. The van der Waals surface area contributed by atoms with E-state index >= 15 is 0 Å². The first-order valence-corrected chi connectivity index (χ1v) is 9.62. The summed E-state index contributed by atoms with van der Waals surface area (Å²) < 4.78 is 0. The van der Waals surface area contributed by atoms with Crippen LogP contribution in [0, 0.1) is 17.3 Å². The monoisotopic (exact) mass is 332 g/mol. The Labute approximate surface area is 151 Å². The molecule has 1 fully saturated rings. The third kappa shape index (κ3) is 2.47. The summed E-state index contributed by atoms with van der Waals surface area (Å²) in [6.45, 7) is 7.13. The minimum Gasteiger partial charge on any atom is -0.294 e. The van der Waals surface area contributed by atoms with Crippen LogP contribution in [0.1, 0.15) is 61.5 Å². The van der Waals surface area contributed by atoms with Gasteiger partial charge in [0.25, 0.3) is 0 Å². The Hall–Kier alpha value is -1.89. The van der Waals surface area contributed by atoms with E-state index in [-0.39, 0.29) is 16.7 Å². The van der Waals surface area contributed by atoms with Crippen LogP contribution >= 0.6 is 0 Å². The van der Waals surface area contributed by atoms with Crippen LogP contribution < -0.4 is 0 Å². The number of hydrogen-bond acceptors (Lipinski definition) is 1. The molecule has 0 aromatic heterocycles. The molecule has 0 N–H and O–H groups in total. The number of aryl methyl sites for hydroxylation is 1. The molecule has 0 amide bonds. The predicted molar refractivity (Wildman–Crippen MR) is 103 cm³/mol. The molecule has 0 spiro atoms. The lowest BCUT2D eigenvalue weighted by molar-refractivity contribution is -0.00589. The summed E-state index contributed by atoms with van der Waals surface area (Å²) in [4.78, 5) is 13.2. The third-order valence-corrected chi connectivity index (χ3v) is 7.23. The van der Waals surface area contributed by atoms with Crippen LogP contribution in [-0.2, 0) is 11.8 Å². The first-order valence-electron chi connectivity index (χ1n) is 9.62. The average molecular weight is 332 g/mol. The van der Waals surface area contributed by atoms with Crippen LogP contribution in [0.4, 0.5) is 0 Å². The molecule has 2 aromatic rings. The number of rotatable bonds is 2. The topological polar surface area (TPSA) is 17.1 Å². The van der Waals surface area contributed by atoms with E-state index in [1.807, 2.05) is 30.3 Å². The van der Waals surface area contributed by atoms with Gasteiger partial charge >= 0.3 is 0 Å². The summed E-state index contributed by atoms with van der Waals surface area (Å²) in [7, 11) is 0. The maximum absolute atomic E-state index is 13.2.